The van der Waals surface area contributed by atoms with E-state index in [0.29, 0.717) is 0 Å². The van der Waals surface area contributed by atoms with Crippen molar-refractivity contribution in [1.82, 2.24) is 4.89 Å². The Hall–Kier alpha value is -1.42. The van der Waals surface area contributed by atoms with Gasteiger partial charge in [-0.15, -0.1) is 0 Å². The third-order valence-electron chi connectivity index (χ3n) is 2.42. The SMILES string of the molecule is COCCONS(=O)(=O)c1c(C)oc(C)c1C(=O)OC. The maximum Gasteiger partial charge on any atom is 0.342 e. The van der Waals surface area contributed by atoms with Crippen LogP contribution in [0, 0.1) is 13.8 Å². The maximum absolute atomic E-state index is 12.1. The molecule has 0 aromatic carbocycles. The highest BCUT2D eigenvalue weighted by Gasteiger charge is 2.31. The number of carbonyl (C=O) groups is 1. The van der Waals surface area contributed by atoms with E-state index >= 15 is 0 Å². The molecule has 9 heteroatoms. The van der Waals surface area contributed by atoms with E-state index in [-0.39, 0.29) is 35.2 Å². The monoisotopic (exact) mass is 307 g/mol. The summed E-state index contributed by atoms with van der Waals surface area (Å²) in [5.41, 5.74) is -0.146. The Morgan fingerprint density at radius 2 is 1.85 bits per heavy atom. The maximum atomic E-state index is 12.1. The zero-order chi connectivity index (χ0) is 15.3. The molecule has 0 saturated carbocycles. The number of ether oxygens (including phenoxy) is 2. The number of sulfonamides is 1. The van der Waals surface area contributed by atoms with Crippen LogP contribution in [0.2, 0.25) is 0 Å². The highest BCUT2D eigenvalue weighted by atomic mass is 32.2. The largest absolute Gasteiger partial charge is 0.465 e. The summed E-state index contributed by atoms with van der Waals surface area (Å²) >= 11 is 0. The van der Waals surface area contributed by atoms with Gasteiger partial charge in [0.2, 0.25) is 0 Å². The zero-order valence-electron chi connectivity index (χ0n) is 11.7. The van der Waals surface area contributed by atoms with Crippen LogP contribution in [0.3, 0.4) is 0 Å². The fraction of sp³-hybridized carbons (Fsp3) is 0.545. The number of hydrogen-bond acceptors (Lipinski definition) is 7. The zero-order valence-corrected chi connectivity index (χ0v) is 12.5. The van der Waals surface area contributed by atoms with Gasteiger partial charge in [-0.25, -0.2) is 13.2 Å². The minimum absolute atomic E-state index is 0.0270. The van der Waals surface area contributed by atoms with Gasteiger partial charge in [-0.1, -0.05) is 4.89 Å². The number of methoxy groups -OCH3 is 2. The summed E-state index contributed by atoms with van der Waals surface area (Å²) in [5.74, 6) is -0.561. The third kappa shape index (κ3) is 3.57. The van der Waals surface area contributed by atoms with Crippen molar-refractivity contribution in [3.63, 3.8) is 0 Å². The molecule has 1 rings (SSSR count). The van der Waals surface area contributed by atoms with E-state index in [1.54, 1.807) is 0 Å². The van der Waals surface area contributed by atoms with Gasteiger partial charge in [0.25, 0.3) is 10.0 Å². The van der Waals surface area contributed by atoms with E-state index in [9.17, 15) is 13.2 Å². The Bertz CT molecular complexity index is 576. The minimum Gasteiger partial charge on any atom is -0.465 e. The molecule has 1 N–H and O–H groups in total. The first-order valence-corrected chi connectivity index (χ1v) is 7.14. The van der Waals surface area contributed by atoms with Gasteiger partial charge >= 0.3 is 5.97 Å². The number of hydrogen-bond donors (Lipinski definition) is 1. The molecule has 1 aromatic heterocycles. The second-order valence-corrected chi connectivity index (χ2v) is 5.42. The Labute approximate surface area is 117 Å². The molecule has 1 heterocycles. The van der Waals surface area contributed by atoms with Crippen LogP contribution >= 0.6 is 0 Å². The quantitative estimate of drug-likeness (QED) is 0.445. The second kappa shape index (κ2) is 6.84. The molecule has 0 spiro atoms. The molecule has 0 saturated heterocycles. The smallest absolute Gasteiger partial charge is 0.342 e. The van der Waals surface area contributed by atoms with E-state index < -0.39 is 16.0 Å². The van der Waals surface area contributed by atoms with Gasteiger partial charge in [0, 0.05) is 7.11 Å². The van der Waals surface area contributed by atoms with Crippen LogP contribution in [0.1, 0.15) is 21.9 Å². The lowest BCUT2D eigenvalue weighted by molar-refractivity contribution is 0.0436. The first-order chi connectivity index (χ1) is 9.35. The van der Waals surface area contributed by atoms with Crippen molar-refractivity contribution in [2.45, 2.75) is 18.7 Å². The van der Waals surface area contributed by atoms with E-state index in [1.165, 1.54) is 21.0 Å². The van der Waals surface area contributed by atoms with Crippen LogP contribution in [-0.4, -0.2) is 41.8 Å². The van der Waals surface area contributed by atoms with Crippen molar-refractivity contribution < 1.29 is 31.9 Å². The first kappa shape index (κ1) is 16.6. The van der Waals surface area contributed by atoms with Crippen molar-refractivity contribution in [3.8, 4) is 0 Å². The van der Waals surface area contributed by atoms with Crippen LogP contribution in [0.25, 0.3) is 0 Å². The molecule has 0 aliphatic rings. The van der Waals surface area contributed by atoms with E-state index in [0.717, 1.165) is 7.11 Å². The third-order valence-corrected chi connectivity index (χ3v) is 3.79. The average molecular weight is 307 g/mol. The lowest BCUT2D eigenvalue weighted by Crippen LogP contribution is -2.27. The number of nitrogens with one attached hydrogen (secondary N) is 1. The molecule has 8 nitrogen and oxygen atoms in total. The summed E-state index contributed by atoms with van der Waals surface area (Å²) in [6, 6.07) is 0. The lowest BCUT2D eigenvalue weighted by atomic mass is 10.2. The molecular formula is C11H17NO7S. The summed E-state index contributed by atoms with van der Waals surface area (Å²) < 4.78 is 38.7. The van der Waals surface area contributed by atoms with Crippen LogP contribution in [-0.2, 0) is 24.3 Å². The summed E-state index contributed by atoms with van der Waals surface area (Å²) in [7, 11) is -1.45. The number of rotatable bonds is 7. The standard InChI is InChI=1S/C11H17NO7S/c1-7-9(11(13)17-4)10(8(2)19-7)20(14,15)12-18-6-5-16-3/h12H,5-6H2,1-4H3. The van der Waals surface area contributed by atoms with Gasteiger partial charge in [0.15, 0.2) is 0 Å². The summed E-state index contributed by atoms with van der Waals surface area (Å²) in [5, 5.41) is 0. The lowest BCUT2D eigenvalue weighted by Gasteiger charge is -2.07. The molecule has 0 bridgehead atoms. The first-order valence-electron chi connectivity index (χ1n) is 5.66. The Morgan fingerprint density at radius 1 is 1.20 bits per heavy atom. The number of carbonyl (C=O) groups excluding carboxylic acids is 1. The fourth-order valence-corrected chi connectivity index (χ4v) is 2.85. The topological polar surface area (TPSA) is 104 Å². The molecule has 0 fully saturated rings. The van der Waals surface area contributed by atoms with E-state index in [4.69, 9.17) is 14.0 Å². The van der Waals surface area contributed by atoms with Crippen LogP contribution in [0.15, 0.2) is 9.31 Å². The molecule has 20 heavy (non-hydrogen) atoms. The molecule has 114 valence electrons. The highest BCUT2D eigenvalue weighted by Crippen LogP contribution is 2.27. The van der Waals surface area contributed by atoms with Gasteiger partial charge in [0.05, 0.1) is 20.3 Å². The molecule has 0 amide bonds. The number of furan rings is 1. The molecule has 0 radical (unpaired) electrons. The van der Waals surface area contributed by atoms with E-state index in [2.05, 4.69) is 4.74 Å². The van der Waals surface area contributed by atoms with Crippen molar-refractivity contribution in [2.75, 3.05) is 27.4 Å². The van der Waals surface area contributed by atoms with Gasteiger partial charge in [0.1, 0.15) is 22.0 Å². The molecule has 0 unspecified atom stereocenters. The normalized spacial score (nSPS) is 11.6. The van der Waals surface area contributed by atoms with Gasteiger partial charge < -0.3 is 13.9 Å². The van der Waals surface area contributed by atoms with Gasteiger partial charge in [-0.05, 0) is 13.8 Å². The van der Waals surface area contributed by atoms with Crippen LogP contribution in [0.4, 0.5) is 0 Å². The van der Waals surface area contributed by atoms with Crippen molar-refractivity contribution in [2.24, 2.45) is 0 Å². The number of esters is 1. The Morgan fingerprint density at radius 3 is 2.40 bits per heavy atom. The summed E-state index contributed by atoms with van der Waals surface area (Å²) in [6.07, 6.45) is 0. The molecule has 1 aromatic rings. The molecule has 0 aliphatic carbocycles. The Balaban J connectivity index is 3.08. The van der Waals surface area contributed by atoms with Gasteiger partial charge in [-0.2, -0.15) is 0 Å². The minimum atomic E-state index is -4.06. The predicted octanol–water partition coefficient (Wildman–Crippen LogP) is 0.539. The van der Waals surface area contributed by atoms with Crippen LogP contribution in [0.5, 0.6) is 0 Å². The Kier molecular flexibility index (Phi) is 5.69. The second-order valence-electron chi connectivity index (χ2n) is 3.84. The molecule has 0 aliphatic heterocycles. The van der Waals surface area contributed by atoms with Gasteiger partial charge in [-0.3, -0.25) is 4.84 Å². The van der Waals surface area contributed by atoms with Crippen molar-refractivity contribution >= 4 is 16.0 Å². The summed E-state index contributed by atoms with van der Waals surface area (Å²) in [6.45, 7) is 3.15. The molecule has 0 atom stereocenters. The molecular weight excluding hydrogens is 290 g/mol. The van der Waals surface area contributed by atoms with Crippen molar-refractivity contribution in [3.05, 3.63) is 17.1 Å². The predicted molar refractivity (Wildman–Crippen MR) is 67.7 cm³/mol. The number of aryl methyl sites for hydroxylation is 2. The highest BCUT2D eigenvalue weighted by molar-refractivity contribution is 7.89. The van der Waals surface area contributed by atoms with E-state index in [1.807, 2.05) is 4.89 Å². The average Bonchev–Trinajstić information content (AvgIpc) is 2.69. The van der Waals surface area contributed by atoms with Crippen molar-refractivity contribution in [1.29, 1.82) is 0 Å². The fourth-order valence-electron chi connectivity index (χ4n) is 1.61. The van der Waals surface area contributed by atoms with Crippen LogP contribution < -0.4 is 4.89 Å². The summed E-state index contributed by atoms with van der Waals surface area (Å²) in [4.78, 5) is 18.0.